The van der Waals surface area contributed by atoms with Crippen molar-refractivity contribution in [3.8, 4) is 11.1 Å². The fraction of sp³-hybridized carbons (Fsp3) is 0. The van der Waals surface area contributed by atoms with Crippen molar-refractivity contribution in [1.29, 1.82) is 0 Å². The van der Waals surface area contributed by atoms with Gasteiger partial charge in [-0.05, 0) is 115 Å². The van der Waals surface area contributed by atoms with Crippen LogP contribution in [0.15, 0.2) is 180 Å². The molecule has 1 aromatic heterocycles. The van der Waals surface area contributed by atoms with Gasteiger partial charge in [0, 0.05) is 27.8 Å². The summed E-state index contributed by atoms with van der Waals surface area (Å²) in [6.07, 6.45) is 0. The minimum atomic E-state index is 0.887. The maximum atomic E-state index is 6.41. The summed E-state index contributed by atoms with van der Waals surface area (Å²) in [5.74, 6) is 0. The molecular formula is C46H29NO. The lowest BCUT2D eigenvalue weighted by Gasteiger charge is -2.26. The Morgan fingerprint density at radius 1 is 0.292 bits per heavy atom. The zero-order valence-corrected chi connectivity index (χ0v) is 26.1. The van der Waals surface area contributed by atoms with Gasteiger partial charge in [0.25, 0.3) is 0 Å². The first-order valence-electron chi connectivity index (χ1n) is 16.4. The lowest BCUT2D eigenvalue weighted by molar-refractivity contribution is 0.669. The SMILES string of the molecule is c1cc(-c2ccc3ccccc3c2)cc(N(c2ccc3ccc4ccccc4c3c2)c2ccc3oc4cc5ccccc5cc4c3c2)c1. The number of benzene rings is 9. The number of hydrogen-bond donors (Lipinski definition) is 0. The number of hydrogen-bond acceptors (Lipinski definition) is 2. The Morgan fingerprint density at radius 2 is 0.854 bits per heavy atom. The van der Waals surface area contributed by atoms with E-state index < -0.39 is 0 Å². The molecule has 0 amide bonds. The lowest BCUT2D eigenvalue weighted by atomic mass is 9.99. The highest BCUT2D eigenvalue weighted by molar-refractivity contribution is 6.12. The van der Waals surface area contributed by atoms with Crippen molar-refractivity contribution >= 4 is 82.1 Å². The third kappa shape index (κ3) is 4.35. The van der Waals surface area contributed by atoms with Gasteiger partial charge in [0.15, 0.2) is 0 Å². The number of fused-ring (bicyclic) bond motifs is 8. The number of anilines is 3. The van der Waals surface area contributed by atoms with Crippen LogP contribution in [0.25, 0.3) is 76.2 Å². The van der Waals surface area contributed by atoms with Crippen LogP contribution in [0, 0.1) is 0 Å². The maximum Gasteiger partial charge on any atom is 0.136 e. The smallest absolute Gasteiger partial charge is 0.136 e. The summed E-state index contributed by atoms with van der Waals surface area (Å²) in [6, 6.07) is 63.5. The van der Waals surface area contributed by atoms with Crippen molar-refractivity contribution in [2.24, 2.45) is 0 Å². The first kappa shape index (κ1) is 26.8. The molecule has 224 valence electrons. The Kier molecular flexibility index (Phi) is 5.91. The predicted molar refractivity (Wildman–Crippen MR) is 204 cm³/mol. The van der Waals surface area contributed by atoms with E-state index in [0.717, 1.165) is 39.0 Å². The van der Waals surface area contributed by atoms with Crippen molar-refractivity contribution in [1.82, 2.24) is 0 Å². The maximum absolute atomic E-state index is 6.41. The van der Waals surface area contributed by atoms with Gasteiger partial charge in [-0.1, -0.05) is 115 Å². The van der Waals surface area contributed by atoms with Crippen LogP contribution >= 0.6 is 0 Å². The normalized spacial score (nSPS) is 11.8. The zero-order chi connectivity index (χ0) is 31.6. The summed E-state index contributed by atoms with van der Waals surface area (Å²) < 4.78 is 6.41. The molecule has 2 heteroatoms. The third-order valence-electron chi connectivity index (χ3n) is 9.75. The van der Waals surface area contributed by atoms with E-state index in [-0.39, 0.29) is 0 Å². The van der Waals surface area contributed by atoms with Crippen LogP contribution in [0.5, 0.6) is 0 Å². The second-order valence-corrected chi connectivity index (χ2v) is 12.6. The molecule has 2 nitrogen and oxygen atoms in total. The Balaban J connectivity index is 1.20. The van der Waals surface area contributed by atoms with Gasteiger partial charge in [-0.15, -0.1) is 0 Å². The van der Waals surface area contributed by atoms with Crippen LogP contribution in [-0.4, -0.2) is 0 Å². The first-order chi connectivity index (χ1) is 23.7. The molecule has 0 fully saturated rings. The monoisotopic (exact) mass is 611 g/mol. The van der Waals surface area contributed by atoms with Crippen LogP contribution < -0.4 is 4.90 Å². The van der Waals surface area contributed by atoms with Crippen molar-refractivity contribution in [3.05, 3.63) is 176 Å². The molecule has 0 aliphatic heterocycles. The Morgan fingerprint density at radius 3 is 1.69 bits per heavy atom. The van der Waals surface area contributed by atoms with E-state index >= 15 is 0 Å². The molecule has 0 radical (unpaired) electrons. The Bertz CT molecular complexity index is 2860. The van der Waals surface area contributed by atoms with Gasteiger partial charge in [-0.25, -0.2) is 0 Å². The van der Waals surface area contributed by atoms with Crippen molar-refractivity contribution < 1.29 is 4.42 Å². The molecule has 0 atom stereocenters. The van der Waals surface area contributed by atoms with Crippen LogP contribution in [0.1, 0.15) is 0 Å². The van der Waals surface area contributed by atoms with Gasteiger partial charge < -0.3 is 9.32 Å². The van der Waals surface area contributed by atoms with E-state index in [9.17, 15) is 0 Å². The van der Waals surface area contributed by atoms with Crippen molar-refractivity contribution in [2.45, 2.75) is 0 Å². The summed E-state index contributed by atoms with van der Waals surface area (Å²) in [5, 5.41) is 12.1. The van der Waals surface area contributed by atoms with E-state index in [2.05, 4.69) is 181 Å². The van der Waals surface area contributed by atoms with Crippen LogP contribution in [0.2, 0.25) is 0 Å². The molecule has 0 saturated carbocycles. The van der Waals surface area contributed by atoms with Crippen LogP contribution in [0.4, 0.5) is 17.1 Å². The quantitative estimate of drug-likeness (QED) is 0.184. The standard InChI is InChI=1S/C46H29NO/c1-2-10-33-24-37(19-16-30(33)8-1)34-13-7-14-38(25-34)47(39-21-20-32-18-17-31-9-5-6-15-41(31)42(32)28-39)40-22-23-45-44(29-40)43-26-35-11-3-4-12-36(35)27-46(43)48-45/h1-29H. The van der Waals surface area contributed by atoms with E-state index in [1.165, 1.54) is 54.2 Å². The molecule has 0 spiro atoms. The van der Waals surface area contributed by atoms with Gasteiger partial charge in [-0.3, -0.25) is 0 Å². The van der Waals surface area contributed by atoms with Gasteiger partial charge >= 0.3 is 0 Å². The molecule has 48 heavy (non-hydrogen) atoms. The molecule has 10 aromatic rings. The molecule has 0 N–H and O–H groups in total. The summed E-state index contributed by atoms with van der Waals surface area (Å²) >= 11 is 0. The number of rotatable bonds is 4. The van der Waals surface area contributed by atoms with Crippen LogP contribution in [-0.2, 0) is 0 Å². The lowest BCUT2D eigenvalue weighted by Crippen LogP contribution is -2.10. The largest absolute Gasteiger partial charge is 0.456 e. The van der Waals surface area contributed by atoms with Gasteiger partial charge in [0.1, 0.15) is 11.2 Å². The predicted octanol–water partition coefficient (Wildman–Crippen LogP) is 13.3. The third-order valence-corrected chi connectivity index (χ3v) is 9.75. The number of furan rings is 1. The highest BCUT2D eigenvalue weighted by atomic mass is 16.3. The minimum absolute atomic E-state index is 0.887. The first-order valence-corrected chi connectivity index (χ1v) is 16.4. The average Bonchev–Trinajstić information content (AvgIpc) is 3.50. The van der Waals surface area contributed by atoms with E-state index in [1.54, 1.807) is 0 Å². The molecule has 9 aromatic carbocycles. The molecule has 0 saturated heterocycles. The molecule has 10 rings (SSSR count). The number of nitrogens with zero attached hydrogens (tertiary/aromatic N) is 1. The fourth-order valence-corrected chi connectivity index (χ4v) is 7.36. The van der Waals surface area contributed by atoms with E-state index in [4.69, 9.17) is 4.42 Å². The summed E-state index contributed by atoms with van der Waals surface area (Å²) in [4.78, 5) is 2.38. The Labute approximate surface area is 277 Å². The molecule has 1 heterocycles. The second-order valence-electron chi connectivity index (χ2n) is 12.6. The van der Waals surface area contributed by atoms with Crippen molar-refractivity contribution in [2.75, 3.05) is 4.90 Å². The Hall–Kier alpha value is -6.38. The van der Waals surface area contributed by atoms with Crippen molar-refractivity contribution in [3.63, 3.8) is 0 Å². The molecular weight excluding hydrogens is 583 g/mol. The molecule has 0 bridgehead atoms. The average molecular weight is 612 g/mol. The highest BCUT2D eigenvalue weighted by Gasteiger charge is 2.18. The summed E-state index contributed by atoms with van der Waals surface area (Å²) in [6.45, 7) is 0. The highest BCUT2D eigenvalue weighted by Crippen LogP contribution is 2.42. The zero-order valence-electron chi connectivity index (χ0n) is 26.1. The minimum Gasteiger partial charge on any atom is -0.456 e. The van der Waals surface area contributed by atoms with Crippen LogP contribution in [0.3, 0.4) is 0 Å². The summed E-state index contributed by atoms with van der Waals surface area (Å²) in [5.41, 5.74) is 7.44. The topological polar surface area (TPSA) is 16.4 Å². The fourth-order valence-electron chi connectivity index (χ4n) is 7.36. The van der Waals surface area contributed by atoms with E-state index in [0.29, 0.717) is 0 Å². The van der Waals surface area contributed by atoms with Gasteiger partial charge in [0.05, 0.1) is 0 Å². The summed E-state index contributed by atoms with van der Waals surface area (Å²) in [7, 11) is 0. The molecule has 0 aliphatic rings. The van der Waals surface area contributed by atoms with Gasteiger partial charge in [-0.2, -0.15) is 0 Å². The molecule has 0 aliphatic carbocycles. The molecule has 0 unspecified atom stereocenters. The second kappa shape index (κ2) is 10.6. The van der Waals surface area contributed by atoms with E-state index in [1.807, 2.05) is 0 Å². The van der Waals surface area contributed by atoms with Gasteiger partial charge in [0.2, 0.25) is 0 Å².